The predicted molar refractivity (Wildman–Crippen MR) is 105 cm³/mol. The van der Waals surface area contributed by atoms with E-state index in [9.17, 15) is 4.79 Å². The maximum Gasteiger partial charge on any atom is 0.255 e. The Balaban J connectivity index is 1.54. The first-order valence-electron chi connectivity index (χ1n) is 10.00. The van der Waals surface area contributed by atoms with Gasteiger partial charge in [0, 0.05) is 56.7 Å². The van der Waals surface area contributed by atoms with Gasteiger partial charge in [-0.25, -0.2) is 4.98 Å². The SMILES string of the molecule is CCn1ccnc1[C@@H]1CCCN(C(=O)c2ccccc2N2CCOCC2)C1. The maximum atomic E-state index is 13.4. The fourth-order valence-electron chi connectivity index (χ4n) is 4.23. The van der Waals surface area contributed by atoms with Crippen molar-refractivity contribution in [2.45, 2.75) is 32.2 Å². The minimum absolute atomic E-state index is 0.136. The summed E-state index contributed by atoms with van der Waals surface area (Å²) in [4.78, 5) is 22.2. The molecule has 3 heterocycles. The molecule has 2 aliphatic heterocycles. The molecule has 6 heteroatoms. The number of amides is 1. The van der Waals surface area contributed by atoms with Crippen molar-refractivity contribution >= 4 is 11.6 Å². The highest BCUT2D eigenvalue weighted by molar-refractivity contribution is 6.00. The van der Waals surface area contributed by atoms with Crippen molar-refractivity contribution in [3.8, 4) is 0 Å². The van der Waals surface area contributed by atoms with E-state index in [0.717, 1.165) is 62.6 Å². The van der Waals surface area contributed by atoms with Crippen molar-refractivity contribution in [1.29, 1.82) is 0 Å². The Hall–Kier alpha value is -2.34. The highest BCUT2D eigenvalue weighted by Gasteiger charge is 2.29. The lowest BCUT2D eigenvalue weighted by molar-refractivity contribution is 0.0703. The Bertz CT molecular complexity index is 782. The van der Waals surface area contributed by atoms with Crippen LogP contribution in [0.25, 0.3) is 0 Å². The van der Waals surface area contributed by atoms with Gasteiger partial charge >= 0.3 is 0 Å². The van der Waals surface area contributed by atoms with Crippen LogP contribution in [0.15, 0.2) is 36.7 Å². The molecular weight excluding hydrogens is 340 g/mol. The van der Waals surface area contributed by atoms with Crippen LogP contribution in [0.5, 0.6) is 0 Å². The van der Waals surface area contributed by atoms with Crippen molar-refractivity contribution in [1.82, 2.24) is 14.5 Å². The van der Waals surface area contributed by atoms with Crippen LogP contribution >= 0.6 is 0 Å². The number of benzene rings is 1. The Morgan fingerprint density at radius 3 is 2.85 bits per heavy atom. The molecular formula is C21H28N4O2. The molecule has 27 heavy (non-hydrogen) atoms. The largest absolute Gasteiger partial charge is 0.378 e. The highest BCUT2D eigenvalue weighted by Crippen LogP contribution is 2.29. The van der Waals surface area contributed by atoms with Gasteiger partial charge < -0.3 is 19.1 Å². The Labute approximate surface area is 160 Å². The van der Waals surface area contributed by atoms with Gasteiger partial charge in [0.2, 0.25) is 0 Å². The molecule has 0 spiro atoms. The minimum Gasteiger partial charge on any atom is -0.378 e. The number of piperidine rings is 1. The normalized spacial score (nSPS) is 20.7. The number of aromatic nitrogens is 2. The summed E-state index contributed by atoms with van der Waals surface area (Å²) in [5, 5.41) is 0. The second-order valence-electron chi connectivity index (χ2n) is 7.28. The molecule has 0 radical (unpaired) electrons. The number of hydrogen-bond donors (Lipinski definition) is 0. The van der Waals surface area contributed by atoms with Crippen molar-refractivity contribution in [3.05, 3.63) is 48.0 Å². The zero-order valence-electron chi connectivity index (χ0n) is 16.0. The second kappa shape index (κ2) is 8.13. The smallest absolute Gasteiger partial charge is 0.255 e. The number of rotatable bonds is 4. The quantitative estimate of drug-likeness (QED) is 0.833. The number of hydrogen-bond acceptors (Lipinski definition) is 4. The Morgan fingerprint density at radius 2 is 2.04 bits per heavy atom. The Morgan fingerprint density at radius 1 is 1.22 bits per heavy atom. The molecule has 0 N–H and O–H groups in total. The lowest BCUT2D eigenvalue weighted by atomic mass is 9.96. The molecule has 1 atom stereocenters. The van der Waals surface area contributed by atoms with Gasteiger partial charge in [-0.1, -0.05) is 12.1 Å². The van der Waals surface area contributed by atoms with E-state index in [4.69, 9.17) is 4.74 Å². The van der Waals surface area contributed by atoms with E-state index in [2.05, 4.69) is 27.4 Å². The standard InChI is InChI=1S/C21H28N4O2/c1-2-23-11-9-22-20(23)17-6-5-10-25(16-17)21(26)18-7-3-4-8-19(18)24-12-14-27-15-13-24/h3-4,7-9,11,17H,2,5-6,10,12-16H2,1H3/t17-/m1/s1. The molecule has 0 aliphatic carbocycles. The zero-order valence-corrected chi connectivity index (χ0v) is 16.0. The molecule has 0 saturated carbocycles. The van der Waals surface area contributed by atoms with Gasteiger partial charge in [-0.05, 0) is 31.9 Å². The molecule has 144 valence electrons. The van der Waals surface area contributed by atoms with Crippen LogP contribution in [-0.4, -0.2) is 59.8 Å². The highest BCUT2D eigenvalue weighted by atomic mass is 16.5. The van der Waals surface area contributed by atoms with Crippen LogP contribution in [0, 0.1) is 0 Å². The molecule has 2 aromatic rings. The Kier molecular flexibility index (Phi) is 5.43. The van der Waals surface area contributed by atoms with Crippen LogP contribution in [0.1, 0.15) is 41.9 Å². The number of anilines is 1. The maximum absolute atomic E-state index is 13.4. The monoisotopic (exact) mass is 368 g/mol. The fourth-order valence-corrected chi connectivity index (χ4v) is 4.23. The number of carbonyl (C=O) groups excluding carboxylic acids is 1. The number of imidazole rings is 1. The zero-order chi connectivity index (χ0) is 18.6. The molecule has 1 aromatic heterocycles. The van der Waals surface area contributed by atoms with Gasteiger partial charge in [0.15, 0.2) is 0 Å². The summed E-state index contributed by atoms with van der Waals surface area (Å²) in [6.45, 7) is 7.71. The van der Waals surface area contributed by atoms with Crippen LogP contribution < -0.4 is 4.90 Å². The van der Waals surface area contributed by atoms with Crippen molar-refractivity contribution in [2.24, 2.45) is 0 Å². The molecule has 2 aliphatic rings. The van der Waals surface area contributed by atoms with Gasteiger partial charge in [0.05, 0.1) is 18.8 Å². The van der Waals surface area contributed by atoms with Gasteiger partial charge in [-0.3, -0.25) is 4.79 Å². The topological polar surface area (TPSA) is 50.6 Å². The molecule has 6 nitrogen and oxygen atoms in total. The van der Waals surface area contributed by atoms with Gasteiger partial charge in [-0.2, -0.15) is 0 Å². The second-order valence-corrected chi connectivity index (χ2v) is 7.28. The van der Waals surface area contributed by atoms with Gasteiger partial charge in [-0.15, -0.1) is 0 Å². The summed E-state index contributed by atoms with van der Waals surface area (Å²) in [6.07, 6.45) is 6.01. The third kappa shape index (κ3) is 3.72. The molecule has 0 unspecified atom stereocenters. The van der Waals surface area contributed by atoms with E-state index in [1.165, 1.54) is 0 Å². The summed E-state index contributed by atoms with van der Waals surface area (Å²) in [6, 6.07) is 7.99. The number of aryl methyl sites for hydroxylation is 1. The number of para-hydroxylation sites is 1. The molecule has 4 rings (SSSR count). The van der Waals surface area contributed by atoms with Crippen LogP contribution in [0.2, 0.25) is 0 Å². The summed E-state index contributed by atoms with van der Waals surface area (Å²) in [5.41, 5.74) is 1.84. The van der Waals surface area contributed by atoms with E-state index in [1.54, 1.807) is 0 Å². The van der Waals surface area contributed by atoms with E-state index in [-0.39, 0.29) is 5.91 Å². The average molecular weight is 368 g/mol. The number of morpholine rings is 1. The number of ether oxygens (including phenoxy) is 1. The third-order valence-corrected chi connectivity index (χ3v) is 5.65. The number of carbonyl (C=O) groups is 1. The van der Waals surface area contributed by atoms with E-state index >= 15 is 0 Å². The van der Waals surface area contributed by atoms with E-state index in [1.807, 2.05) is 35.5 Å². The molecule has 2 saturated heterocycles. The van der Waals surface area contributed by atoms with Crippen LogP contribution in [0.4, 0.5) is 5.69 Å². The summed E-state index contributed by atoms with van der Waals surface area (Å²) in [5.74, 6) is 1.56. The molecule has 1 aromatic carbocycles. The number of likely N-dealkylation sites (tertiary alicyclic amines) is 1. The summed E-state index contributed by atoms with van der Waals surface area (Å²) >= 11 is 0. The van der Waals surface area contributed by atoms with Crippen molar-refractivity contribution < 1.29 is 9.53 Å². The fraction of sp³-hybridized carbons (Fsp3) is 0.524. The molecule has 0 bridgehead atoms. The molecule has 1 amide bonds. The van der Waals surface area contributed by atoms with Gasteiger partial charge in [0.25, 0.3) is 5.91 Å². The average Bonchev–Trinajstić information content (AvgIpc) is 3.23. The van der Waals surface area contributed by atoms with Crippen LogP contribution in [0.3, 0.4) is 0 Å². The predicted octanol–water partition coefficient (Wildman–Crippen LogP) is 2.76. The summed E-state index contributed by atoms with van der Waals surface area (Å²) in [7, 11) is 0. The van der Waals surface area contributed by atoms with Crippen LogP contribution in [-0.2, 0) is 11.3 Å². The van der Waals surface area contributed by atoms with Crippen molar-refractivity contribution in [2.75, 3.05) is 44.3 Å². The first kappa shape index (κ1) is 18.0. The first-order chi connectivity index (χ1) is 13.3. The third-order valence-electron chi connectivity index (χ3n) is 5.65. The lowest BCUT2D eigenvalue weighted by Gasteiger charge is -2.35. The minimum atomic E-state index is 0.136. The molecule has 2 fully saturated rings. The van der Waals surface area contributed by atoms with E-state index in [0.29, 0.717) is 19.1 Å². The number of nitrogens with zero attached hydrogens (tertiary/aromatic N) is 4. The first-order valence-corrected chi connectivity index (χ1v) is 10.00. The summed E-state index contributed by atoms with van der Waals surface area (Å²) < 4.78 is 7.66. The van der Waals surface area contributed by atoms with Crippen molar-refractivity contribution in [3.63, 3.8) is 0 Å². The van der Waals surface area contributed by atoms with E-state index < -0.39 is 0 Å². The van der Waals surface area contributed by atoms with Gasteiger partial charge in [0.1, 0.15) is 5.82 Å². The lowest BCUT2D eigenvalue weighted by Crippen LogP contribution is -2.41.